The lowest BCUT2D eigenvalue weighted by atomic mass is 10.1. The highest BCUT2D eigenvalue weighted by Crippen LogP contribution is 2.35. The Morgan fingerprint density at radius 1 is 1.19 bits per heavy atom. The third-order valence-corrected chi connectivity index (χ3v) is 4.01. The van der Waals surface area contributed by atoms with Crippen molar-refractivity contribution in [3.05, 3.63) is 63.8 Å². The molecule has 1 atom stereocenters. The number of methoxy groups -OCH3 is 1. The van der Waals surface area contributed by atoms with E-state index in [-0.39, 0.29) is 0 Å². The monoisotopic (exact) mass is 346 g/mol. The van der Waals surface area contributed by atoms with Gasteiger partial charge < -0.3 is 14.3 Å². The molecule has 0 amide bonds. The molecule has 0 bridgehead atoms. The molecule has 108 valence electrons. The molecule has 3 rings (SSSR count). The third kappa shape index (κ3) is 2.57. The highest BCUT2D eigenvalue weighted by Gasteiger charge is 2.20. The van der Waals surface area contributed by atoms with Gasteiger partial charge in [-0.15, -0.1) is 0 Å². The lowest BCUT2D eigenvalue weighted by molar-refractivity contribution is 0.187. The van der Waals surface area contributed by atoms with Crippen LogP contribution in [0.5, 0.6) is 5.75 Å². The number of rotatable bonds is 3. The first-order valence-corrected chi connectivity index (χ1v) is 7.40. The van der Waals surface area contributed by atoms with Crippen LogP contribution in [-0.2, 0) is 0 Å². The van der Waals surface area contributed by atoms with Gasteiger partial charge in [0.1, 0.15) is 23.2 Å². The van der Waals surface area contributed by atoms with Gasteiger partial charge in [0.2, 0.25) is 0 Å². The minimum atomic E-state index is -0.871. The van der Waals surface area contributed by atoms with Crippen molar-refractivity contribution in [2.75, 3.05) is 7.11 Å². The fourth-order valence-corrected chi connectivity index (χ4v) is 2.81. The Balaban J connectivity index is 2.10. The molecule has 0 radical (unpaired) electrons. The molecule has 1 unspecified atom stereocenters. The van der Waals surface area contributed by atoms with Crippen molar-refractivity contribution in [3.8, 4) is 5.75 Å². The number of furan rings is 1. The minimum Gasteiger partial charge on any atom is -0.496 e. The number of aliphatic hydroxyl groups is 1. The van der Waals surface area contributed by atoms with E-state index in [0.29, 0.717) is 17.1 Å². The van der Waals surface area contributed by atoms with Crippen LogP contribution < -0.4 is 4.74 Å². The fourth-order valence-electron chi connectivity index (χ4n) is 2.44. The molecule has 0 aliphatic rings. The average Bonchev–Trinajstić information content (AvgIpc) is 2.92. The molecule has 0 aliphatic carbocycles. The Labute approximate surface area is 131 Å². The number of para-hydroxylation sites is 1. The Bertz CT molecular complexity index is 792. The standard InChI is InChI=1S/C17H15BrO3/c1-10-4-3-5-11-8-15(21-17(10)11)16(19)13-9-12(18)6-7-14(13)20-2/h3-9,16,19H,1-2H3. The number of hydrogen-bond donors (Lipinski definition) is 1. The van der Waals surface area contributed by atoms with Crippen molar-refractivity contribution in [3.63, 3.8) is 0 Å². The summed E-state index contributed by atoms with van der Waals surface area (Å²) in [6.45, 7) is 1.99. The molecule has 1 N–H and O–H groups in total. The molecule has 0 aliphatic heterocycles. The first-order chi connectivity index (χ1) is 10.1. The number of halogens is 1. The van der Waals surface area contributed by atoms with Gasteiger partial charge >= 0.3 is 0 Å². The van der Waals surface area contributed by atoms with Gasteiger partial charge in [-0.3, -0.25) is 0 Å². The second-order valence-corrected chi connectivity index (χ2v) is 5.85. The Morgan fingerprint density at radius 2 is 2.00 bits per heavy atom. The maximum Gasteiger partial charge on any atom is 0.140 e. The second-order valence-electron chi connectivity index (χ2n) is 4.93. The van der Waals surface area contributed by atoms with E-state index in [2.05, 4.69) is 15.9 Å². The molecule has 21 heavy (non-hydrogen) atoms. The zero-order valence-corrected chi connectivity index (χ0v) is 13.3. The second kappa shape index (κ2) is 5.54. The van der Waals surface area contributed by atoms with E-state index in [9.17, 15) is 5.11 Å². The summed E-state index contributed by atoms with van der Waals surface area (Å²) in [5.74, 6) is 1.14. The Hall–Kier alpha value is -1.78. The van der Waals surface area contributed by atoms with Gasteiger partial charge in [0, 0.05) is 15.4 Å². The largest absolute Gasteiger partial charge is 0.496 e. The van der Waals surface area contributed by atoms with Crippen LogP contribution in [-0.4, -0.2) is 12.2 Å². The summed E-state index contributed by atoms with van der Waals surface area (Å²) in [5, 5.41) is 11.6. The van der Waals surface area contributed by atoms with Crippen molar-refractivity contribution in [2.24, 2.45) is 0 Å². The predicted molar refractivity (Wildman–Crippen MR) is 85.7 cm³/mol. The van der Waals surface area contributed by atoms with Crippen LogP contribution >= 0.6 is 15.9 Å². The lowest BCUT2D eigenvalue weighted by Crippen LogP contribution is -2.01. The van der Waals surface area contributed by atoms with E-state index >= 15 is 0 Å². The van der Waals surface area contributed by atoms with Gasteiger partial charge in [0.05, 0.1) is 7.11 Å². The Morgan fingerprint density at radius 3 is 2.71 bits per heavy atom. The molecular formula is C17H15BrO3. The summed E-state index contributed by atoms with van der Waals surface area (Å²) in [5.41, 5.74) is 2.52. The molecule has 3 nitrogen and oxygen atoms in total. The van der Waals surface area contributed by atoms with E-state index in [1.165, 1.54) is 0 Å². The molecule has 3 aromatic rings. The van der Waals surface area contributed by atoms with E-state index in [4.69, 9.17) is 9.15 Å². The van der Waals surface area contributed by atoms with Crippen molar-refractivity contribution in [1.82, 2.24) is 0 Å². The van der Waals surface area contributed by atoms with Crippen molar-refractivity contribution in [2.45, 2.75) is 13.0 Å². The predicted octanol–water partition coefficient (Wildman–Crippen LogP) is 4.59. The summed E-state index contributed by atoms with van der Waals surface area (Å²) < 4.78 is 12.0. The first kappa shape index (κ1) is 14.2. The summed E-state index contributed by atoms with van der Waals surface area (Å²) in [4.78, 5) is 0. The van der Waals surface area contributed by atoms with Crippen LogP contribution in [0.25, 0.3) is 11.0 Å². The zero-order chi connectivity index (χ0) is 15.0. The lowest BCUT2D eigenvalue weighted by Gasteiger charge is -2.13. The van der Waals surface area contributed by atoms with E-state index in [1.54, 1.807) is 7.11 Å². The SMILES string of the molecule is COc1ccc(Br)cc1C(O)c1cc2cccc(C)c2o1. The molecule has 0 fully saturated rings. The summed E-state index contributed by atoms with van der Waals surface area (Å²) in [6, 6.07) is 13.3. The molecule has 0 saturated carbocycles. The smallest absolute Gasteiger partial charge is 0.140 e. The highest BCUT2D eigenvalue weighted by molar-refractivity contribution is 9.10. The van der Waals surface area contributed by atoms with Crippen LogP contribution in [0.1, 0.15) is 23.0 Å². The van der Waals surface area contributed by atoms with Crippen LogP contribution in [0, 0.1) is 6.92 Å². The maximum atomic E-state index is 10.6. The quantitative estimate of drug-likeness (QED) is 0.753. The number of benzene rings is 2. The van der Waals surface area contributed by atoms with Gasteiger partial charge in [-0.25, -0.2) is 0 Å². The Kier molecular flexibility index (Phi) is 3.74. The number of hydrogen-bond acceptors (Lipinski definition) is 3. The zero-order valence-electron chi connectivity index (χ0n) is 11.8. The number of aliphatic hydroxyl groups excluding tert-OH is 1. The average molecular weight is 347 g/mol. The molecule has 0 spiro atoms. The van der Waals surface area contributed by atoms with Gasteiger partial charge in [-0.1, -0.05) is 34.1 Å². The van der Waals surface area contributed by atoms with Gasteiger partial charge in [0.15, 0.2) is 0 Å². The summed E-state index contributed by atoms with van der Waals surface area (Å²) >= 11 is 3.42. The van der Waals surface area contributed by atoms with Crippen LogP contribution in [0.2, 0.25) is 0 Å². The topological polar surface area (TPSA) is 42.6 Å². The molecular weight excluding hydrogens is 332 g/mol. The van der Waals surface area contributed by atoms with Crippen LogP contribution in [0.15, 0.2) is 51.4 Å². The van der Waals surface area contributed by atoms with E-state index in [1.807, 2.05) is 49.4 Å². The molecule has 0 saturated heterocycles. The van der Waals surface area contributed by atoms with Gasteiger partial charge in [-0.05, 0) is 36.8 Å². The number of aryl methyl sites for hydroxylation is 1. The normalized spacial score (nSPS) is 12.6. The van der Waals surface area contributed by atoms with Gasteiger partial charge in [0.25, 0.3) is 0 Å². The fraction of sp³-hybridized carbons (Fsp3) is 0.176. The van der Waals surface area contributed by atoms with Crippen molar-refractivity contribution < 1.29 is 14.3 Å². The van der Waals surface area contributed by atoms with E-state index in [0.717, 1.165) is 21.0 Å². The maximum absolute atomic E-state index is 10.6. The van der Waals surface area contributed by atoms with Crippen molar-refractivity contribution in [1.29, 1.82) is 0 Å². The third-order valence-electron chi connectivity index (χ3n) is 3.52. The highest BCUT2D eigenvalue weighted by atomic mass is 79.9. The van der Waals surface area contributed by atoms with Crippen molar-refractivity contribution >= 4 is 26.9 Å². The number of fused-ring (bicyclic) bond motifs is 1. The van der Waals surface area contributed by atoms with Crippen LogP contribution in [0.4, 0.5) is 0 Å². The first-order valence-electron chi connectivity index (χ1n) is 6.60. The van der Waals surface area contributed by atoms with Crippen LogP contribution in [0.3, 0.4) is 0 Å². The summed E-state index contributed by atoms with van der Waals surface area (Å²) in [6.07, 6.45) is -0.871. The molecule has 1 aromatic heterocycles. The van der Waals surface area contributed by atoms with Gasteiger partial charge in [-0.2, -0.15) is 0 Å². The molecule has 2 aromatic carbocycles. The summed E-state index contributed by atoms with van der Waals surface area (Å²) in [7, 11) is 1.59. The number of ether oxygens (including phenoxy) is 1. The minimum absolute atomic E-state index is 0.510. The molecule has 4 heteroatoms. The molecule has 1 heterocycles. The van der Waals surface area contributed by atoms with E-state index < -0.39 is 6.10 Å².